The van der Waals surface area contributed by atoms with Gasteiger partial charge in [0.05, 0.1) is 17.2 Å². The van der Waals surface area contributed by atoms with Crippen molar-refractivity contribution in [1.29, 1.82) is 0 Å². The predicted octanol–water partition coefficient (Wildman–Crippen LogP) is 4.60. The van der Waals surface area contributed by atoms with Crippen LogP contribution in [0.2, 0.25) is 5.02 Å². The van der Waals surface area contributed by atoms with Crippen molar-refractivity contribution in [3.05, 3.63) is 83.9 Å². The van der Waals surface area contributed by atoms with Crippen molar-refractivity contribution < 1.29 is 17.9 Å². The van der Waals surface area contributed by atoms with Crippen molar-refractivity contribution in [2.45, 2.75) is 11.8 Å². The van der Waals surface area contributed by atoms with E-state index >= 15 is 0 Å². The molecule has 0 saturated heterocycles. The molecule has 6 nitrogen and oxygen atoms in total. The number of sulfonamides is 1. The zero-order valence-corrected chi connectivity index (χ0v) is 18.8. The van der Waals surface area contributed by atoms with Gasteiger partial charge in [0, 0.05) is 17.8 Å². The first kappa shape index (κ1) is 22.7. The van der Waals surface area contributed by atoms with Crippen LogP contribution in [-0.4, -0.2) is 34.5 Å². The average Bonchev–Trinajstić information content (AvgIpc) is 2.78. The van der Waals surface area contributed by atoms with Gasteiger partial charge in [-0.1, -0.05) is 41.9 Å². The Kier molecular flexibility index (Phi) is 7.20. The van der Waals surface area contributed by atoms with E-state index in [1.807, 2.05) is 25.1 Å². The number of hydrogen-bond acceptors (Lipinski definition) is 4. The summed E-state index contributed by atoms with van der Waals surface area (Å²) in [6, 6.07) is 21.6. The molecule has 0 bridgehead atoms. The van der Waals surface area contributed by atoms with Crippen LogP contribution in [0.25, 0.3) is 0 Å². The van der Waals surface area contributed by atoms with Gasteiger partial charge in [-0.25, -0.2) is 8.42 Å². The second-order valence-electron chi connectivity index (χ2n) is 6.65. The Morgan fingerprint density at radius 1 is 0.935 bits per heavy atom. The summed E-state index contributed by atoms with van der Waals surface area (Å²) in [7, 11) is -2.46. The van der Waals surface area contributed by atoms with Gasteiger partial charge in [-0.2, -0.15) is 0 Å². The second-order valence-corrected chi connectivity index (χ2v) is 8.95. The molecule has 0 aliphatic rings. The highest BCUT2D eigenvalue weighted by Crippen LogP contribution is 2.33. The maximum atomic E-state index is 13.6. The van der Waals surface area contributed by atoms with Crippen LogP contribution >= 0.6 is 11.6 Å². The number of carbonyl (C=O) groups is 1. The van der Waals surface area contributed by atoms with Gasteiger partial charge in [-0.3, -0.25) is 9.10 Å². The molecule has 0 aliphatic heterocycles. The highest BCUT2D eigenvalue weighted by molar-refractivity contribution is 7.92. The fraction of sp³-hybridized carbons (Fsp3) is 0.174. The smallest absolute Gasteiger partial charge is 0.264 e. The molecular formula is C23H23ClN2O4S. The summed E-state index contributed by atoms with van der Waals surface area (Å²) in [4.78, 5) is 14.5. The van der Waals surface area contributed by atoms with Crippen LogP contribution in [0, 0.1) is 0 Å². The summed E-state index contributed by atoms with van der Waals surface area (Å²) >= 11 is 5.93. The lowest BCUT2D eigenvalue weighted by molar-refractivity contribution is -0.116. The van der Waals surface area contributed by atoms with Crippen LogP contribution in [0.3, 0.4) is 0 Å². The minimum absolute atomic E-state index is 0.0263. The van der Waals surface area contributed by atoms with Gasteiger partial charge in [-0.05, 0) is 55.5 Å². The molecule has 0 N–H and O–H groups in total. The van der Waals surface area contributed by atoms with E-state index < -0.39 is 22.5 Å². The Hall–Kier alpha value is -3.03. The van der Waals surface area contributed by atoms with E-state index in [0.29, 0.717) is 23.1 Å². The first-order valence-corrected chi connectivity index (χ1v) is 11.5. The zero-order valence-electron chi connectivity index (χ0n) is 17.2. The molecule has 0 heterocycles. The summed E-state index contributed by atoms with van der Waals surface area (Å²) in [6.07, 6.45) is 0. The molecule has 0 radical (unpaired) electrons. The number of likely N-dealkylation sites (N-methyl/N-ethyl adjacent to an activating group) is 1. The number of para-hydroxylation sites is 3. The lowest BCUT2D eigenvalue weighted by atomic mass is 10.2. The molecule has 8 heteroatoms. The molecule has 0 atom stereocenters. The Labute approximate surface area is 187 Å². The number of halogens is 1. The number of ether oxygens (including phenoxy) is 1. The number of amides is 1. The number of hydrogen-bond donors (Lipinski definition) is 0. The number of benzene rings is 3. The van der Waals surface area contributed by atoms with Gasteiger partial charge in [0.2, 0.25) is 5.91 Å². The Morgan fingerprint density at radius 3 is 2.19 bits per heavy atom. The lowest BCUT2D eigenvalue weighted by Gasteiger charge is -2.28. The van der Waals surface area contributed by atoms with E-state index in [1.165, 1.54) is 29.2 Å². The molecule has 0 unspecified atom stereocenters. The number of carbonyl (C=O) groups excluding carboxylic acids is 1. The van der Waals surface area contributed by atoms with Crippen molar-refractivity contribution >= 4 is 38.9 Å². The Balaban J connectivity index is 2.05. The topological polar surface area (TPSA) is 66.9 Å². The second kappa shape index (κ2) is 9.85. The highest BCUT2D eigenvalue weighted by Gasteiger charge is 2.30. The molecule has 3 aromatic carbocycles. The van der Waals surface area contributed by atoms with Crippen LogP contribution in [0.15, 0.2) is 83.8 Å². The molecular weight excluding hydrogens is 436 g/mol. The molecule has 0 saturated carbocycles. The first-order chi connectivity index (χ1) is 14.8. The van der Waals surface area contributed by atoms with Gasteiger partial charge in [0.15, 0.2) is 0 Å². The summed E-state index contributed by atoms with van der Waals surface area (Å²) in [6.45, 7) is 1.76. The fourth-order valence-electron chi connectivity index (χ4n) is 3.00. The third-order valence-corrected chi connectivity index (χ3v) is 6.66. The molecule has 1 amide bonds. The summed E-state index contributed by atoms with van der Waals surface area (Å²) in [5, 5.41) is 0.417. The third-order valence-electron chi connectivity index (χ3n) is 4.63. The van der Waals surface area contributed by atoms with E-state index in [0.717, 1.165) is 4.31 Å². The zero-order chi connectivity index (χ0) is 22.4. The maximum absolute atomic E-state index is 13.6. The fourth-order valence-corrected chi connectivity index (χ4v) is 4.55. The quantitative estimate of drug-likeness (QED) is 0.495. The van der Waals surface area contributed by atoms with Crippen LogP contribution in [0.1, 0.15) is 6.92 Å². The van der Waals surface area contributed by atoms with E-state index in [-0.39, 0.29) is 10.6 Å². The van der Waals surface area contributed by atoms with Crippen molar-refractivity contribution in [2.75, 3.05) is 29.4 Å². The Bertz CT molecular complexity index is 1140. The minimum Gasteiger partial charge on any atom is -0.492 e. The van der Waals surface area contributed by atoms with Crippen LogP contribution in [-0.2, 0) is 14.8 Å². The summed E-state index contributed by atoms with van der Waals surface area (Å²) in [5.74, 6) is -0.0206. The van der Waals surface area contributed by atoms with E-state index in [1.54, 1.807) is 43.4 Å². The van der Waals surface area contributed by atoms with Crippen LogP contribution in [0.4, 0.5) is 11.4 Å². The normalized spacial score (nSPS) is 11.1. The molecule has 162 valence electrons. The van der Waals surface area contributed by atoms with E-state index in [4.69, 9.17) is 16.3 Å². The van der Waals surface area contributed by atoms with Gasteiger partial charge >= 0.3 is 0 Å². The molecule has 31 heavy (non-hydrogen) atoms. The summed E-state index contributed by atoms with van der Waals surface area (Å²) in [5.41, 5.74) is 0.948. The average molecular weight is 459 g/mol. The van der Waals surface area contributed by atoms with Crippen molar-refractivity contribution in [1.82, 2.24) is 0 Å². The molecule has 0 spiro atoms. The van der Waals surface area contributed by atoms with Crippen molar-refractivity contribution in [2.24, 2.45) is 0 Å². The van der Waals surface area contributed by atoms with Crippen molar-refractivity contribution in [3.8, 4) is 5.75 Å². The van der Waals surface area contributed by atoms with Crippen LogP contribution in [0.5, 0.6) is 5.75 Å². The van der Waals surface area contributed by atoms with Gasteiger partial charge < -0.3 is 9.64 Å². The predicted molar refractivity (Wildman–Crippen MR) is 123 cm³/mol. The molecule has 0 aromatic heterocycles. The van der Waals surface area contributed by atoms with Gasteiger partial charge in [0.25, 0.3) is 10.0 Å². The molecule has 3 rings (SSSR count). The summed E-state index contributed by atoms with van der Waals surface area (Å²) < 4.78 is 33.8. The van der Waals surface area contributed by atoms with E-state index in [2.05, 4.69) is 0 Å². The number of anilines is 2. The molecule has 0 aliphatic carbocycles. The SMILES string of the molecule is CCOc1ccccc1N(CC(=O)N(C)c1ccccc1)S(=O)(=O)c1ccc(Cl)cc1. The molecule has 0 fully saturated rings. The van der Waals surface area contributed by atoms with Gasteiger partial charge in [-0.15, -0.1) is 0 Å². The minimum atomic E-state index is -4.08. The van der Waals surface area contributed by atoms with Crippen molar-refractivity contribution in [3.63, 3.8) is 0 Å². The highest BCUT2D eigenvalue weighted by atomic mass is 35.5. The number of nitrogens with zero attached hydrogens (tertiary/aromatic N) is 2. The first-order valence-electron chi connectivity index (χ1n) is 9.66. The third kappa shape index (κ3) is 5.18. The molecule has 3 aromatic rings. The van der Waals surface area contributed by atoms with Crippen LogP contribution < -0.4 is 13.9 Å². The lowest BCUT2D eigenvalue weighted by Crippen LogP contribution is -2.42. The Morgan fingerprint density at radius 2 is 1.55 bits per heavy atom. The number of rotatable bonds is 8. The maximum Gasteiger partial charge on any atom is 0.264 e. The monoisotopic (exact) mass is 458 g/mol. The van der Waals surface area contributed by atoms with Gasteiger partial charge in [0.1, 0.15) is 12.3 Å². The largest absolute Gasteiger partial charge is 0.492 e. The standard InChI is InChI=1S/C23H23ClN2O4S/c1-3-30-22-12-8-7-11-21(22)26(31(28,29)20-15-13-18(24)14-16-20)17-23(27)25(2)19-9-5-4-6-10-19/h4-16H,3,17H2,1-2H3. The van der Waals surface area contributed by atoms with E-state index in [9.17, 15) is 13.2 Å².